The van der Waals surface area contributed by atoms with Crippen LogP contribution in [0.2, 0.25) is 5.02 Å². The van der Waals surface area contributed by atoms with Crippen LogP contribution < -0.4 is 0 Å². The van der Waals surface area contributed by atoms with E-state index in [0.29, 0.717) is 0 Å². The highest BCUT2D eigenvalue weighted by Crippen LogP contribution is 2.32. The van der Waals surface area contributed by atoms with E-state index in [1.165, 1.54) is 66.3 Å². The molecular weight excluding hydrogens is 360 g/mol. The van der Waals surface area contributed by atoms with Crippen molar-refractivity contribution in [2.45, 2.75) is 87.0 Å². The second-order valence-corrected chi connectivity index (χ2v) is 8.67. The van der Waals surface area contributed by atoms with Crippen molar-refractivity contribution in [3.05, 3.63) is 69.2 Å². The molecule has 3 rings (SSSR count). The van der Waals surface area contributed by atoms with Gasteiger partial charge in [0.15, 0.2) is 0 Å². The number of hydrogen-bond donors (Lipinski definition) is 0. The number of halogens is 1. The third-order valence-electron chi connectivity index (χ3n) is 5.99. The maximum Gasteiger partial charge on any atom is 0.0408 e. The van der Waals surface area contributed by atoms with Crippen LogP contribution in [0, 0.1) is 39.5 Å². The van der Waals surface area contributed by atoms with Gasteiger partial charge in [-0.1, -0.05) is 87.9 Å². The lowest BCUT2D eigenvalue weighted by atomic mass is 9.83. The predicted molar refractivity (Wildman–Crippen MR) is 128 cm³/mol. The van der Waals surface area contributed by atoms with Gasteiger partial charge in [0, 0.05) is 5.02 Å². The zero-order chi connectivity index (χ0) is 21.1. The van der Waals surface area contributed by atoms with E-state index in [9.17, 15) is 0 Å². The molecule has 0 heterocycles. The van der Waals surface area contributed by atoms with Gasteiger partial charge in [-0.15, -0.1) is 0 Å². The Morgan fingerprint density at radius 3 is 2.07 bits per heavy atom. The molecule has 156 valence electrons. The topological polar surface area (TPSA) is 0 Å². The molecule has 2 unspecified atom stereocenters. The smallest absolute Gasteiger partial charge is 0.0408 e. The molecule has 0 aliphatic heterocycles. The van der Waals surface area contributed by atoms with Gasteiger partial charge in [0.1, 0.15) is 0 Å². The Morgan fingerprint density at radius 1 is 0.786 bits per heavy atom. The van der Waals surface area contributed by atoms with Crippen molar-refractivity contribution in [3.8, 4) is 0 Å². The first-order chi connectivity index (χ1) is 13.4. The molecule has 28 heavy (non-hydrogen) atoms. The van der Waals surface area contributed by atoms with Crippen LogP contribution in [0.15, 0.2) is 36.4 Å². The average Bonchev–Trinajstić information content (AvgIpc) is 2.87. The van der Waals surface area contributed by atoms with E-state index < -0.39 is 0 Å². The minimum absolute atomic E-state index is 0.861. The number of hydrogen-bond acceptors (Lipinski definition) is 0. The summed E-state index contributed by atoms with van der Waals surface area (Å²) in [6.45, 7) is 15.0. The van der Waals surface area contributed by atoms with E-state index in [0.717, 1.165) is 16.9 Å². The molecule has 0 spiro atoms. The highest BCUT2D eigenvalue weighted by atomic mass is 35.5. The number of benzene rings is 2. The molecule has 1 fully saturated rings. The molecule has 2 aromatic rings. The Bertz CT molecular complexity index is 701. The van der Waals surface area contributed by atoms with Crippen molar-refractivity contribution in [1.82, 2.24) is 0 Å². The maximum absolute atomic E-state index is 6.01. The quantitative estimate of drug-likeness (QED) is 0.441. The Hall–Kier alpha value is -1.27. The van der Waals surface area contributed by atoms with E-state index in [4.69, 9.17) is 11.6 Å². The zero-order valence-corrected chi connectivity index (χ0v) is 20.0. The second-order valence-electron chi connectivity index (χ2n) is 8.24. The summed E-state index contributed by atoms with van der Waals surface area (Å²) in [5, 5.41) is 0.861. The number of aryl methyl sites for hydroxylation is 4. The molecule has 1 saturated carbocycles. The summed E-state index contributed by atoms with van der Waals surface area (Å²) >= 11 is 6.01. The Morgan fingerprint density at radius 2 is 1.46 bits per heavy atom. The van der Waals surface area contributed by atoms with E-state index in [1.807, 2.05) is 19.9 Å². The maximum atomic E-state index is 6.01. The van der Waals surface area contributed by atoms with Crippen LogP contribution in [0.25, 0.3) is 0 Å². The lowest BCUT2D eigenvalue weighted by Crippen LogP contribution is -2.13. The molecule has 1 heteroatoms. The van der Waals surface area contributed by atoms with Gasteiger partial charge in [-0.3, -0.25) is 0 Å². The largest absolute Gasteiger partial charge is 0.0843 e. The Balaban J connectivity index is 0.000000301. The summed E-state index contributed by atoms with van der Waals surface area (Å²) in [4.78, 5) is 0. The summed E-state index contributed by atoms with van der Waals surface area (Å²) < 4.78 is 0. The van der Waals surface area contributed by atoms with Crippen molar-refractivity contribution in [2.75, 3.05) is 0 Å². The van der Waals surface area contributed by atoms with Crippen molar-refractivity contribution in [2.24, 2.45) is 11.8 Å². The predicted octanol–water partition coefficient (Wildman–Crippen LogP) is 9.05. The van der Waals surface area contributed by atoms with Crippen LogP contribution in [0.5, 0.6) is 0 Å². The van der Waals surface area contributed by atoms with Crippen molar-refractivity contribution in [1.29, 1.82) is 0 Å². The zero-order valence-electron chi connectivity index (χ0n) is 19.2. The highest BCUT2D eigenvalue weighted by molar-refractivity contribution is 6.30. The Labute approximate surface area is 179 Å². The summed E-state index contributed by atoms with van der Waals surface area (Å²) in [6.07, 6.45) is 8.34. The van der Waals surface area contributed by atoms with Crippen molar-refractivity contribution < 1.29 is 0 Å². The van der Waals surface area contributed by atoms with Crippen LogP contribution in [0.1, 0.15) is 80.7 Å². The molecule has 0 saturated heterocycles. The van der Waals surface area contributed by atoms with E-state index in [2.05, 4.69) is 65.0 Å². The molecule has 2 atom stereocenters. The first-order valence-corrected chi connectivity index (χ1v) is 11.5. The van der Waals surface area contributed by atoms with Gasteiger partial charge in [-0.25, -0.2) is 0 Å². The third kappa shape index (κ3) is 8.39. The molecule has 0 aromatic heterocycles. The molecule has 0 amide bonds. The van der Waals surface area contributed by atoms with Crippen molar-refractivity contribution >= 4 is 11.6 Å². The summed E-state index contributed by atoms with van der Waals surface area (Å²) in [6, 6.07) is 12.8. The van der Waals surface area contributed by atoms with Crippen LogP contribution in [-0.2, 0) is 6.42 Å². The average molecular weight is 401 g/mol. The van der Waals surface area contributed by atoms with Gasteiger partial charge in [-0.05, 0) is 86.8 Å². The Kier molecular flexibility index (Phi) is 11.5. The van der Waals surface area contributed by atoms with Crippen LogP contribution in [0.3, 0.4) is 0 Å². The van der Waals surface area contributed by atoms with Gasteiger partial charge in [0.25, 0.3) is 0 Å². The molecule has 1 aliphatic rings. The summed E-state index contributed by atoms with van der Waals surface area (Å²) in [5.74, 6) is 1.75. The molecule has 0 radical (unpaired) electrons. The van der Waals surface area contributed by atoms with Gasteiger partial charge >= 0.3 is 0 Å². The van der Waals surface area contributed by atoms with Gasteiger partial charge < -0.3 is 0 Å². The lowest BCUT2D eigenvalue weighted by molar-refractivity contribution is 0.335. The third-order valence-corrected chi connectivity index (χ3v) is 6.22. The van der Waals surface area contributed by atoms with E-state index in [1.54, 1.807) is 0 Å². The lowest BCUT2D eigenvalue weighted by Gasteiger charge is -2.22. The van der Waals surface area contributed by atoms with Crippen LogP contribution >= 0.6 is 11.6 Å². The molecule has 0 nitrogen and oxygen atoms in total. The normalized spacial score (nSPS) is 18.9. The SMILES string of the molecule is CC.Cc1cc(Cl)ccc1CC1CCCCCC1C.Cc1ccc(C)c(C)c1. The van der Waals surface area contributed by atoms with Crippen molar-refractivity contribution in [3.63, 3.8) is 0 Å². The monoisotopic (exact) mass is 400 g/mol. The van der Waals surface area contributed by atoms with E-state index in [-0.39, 0.29) is 0 Å². The fourth-order valence-electron chi connectivity index (χ4n) is 3.94. The molecule has 2 aromatic carbocycles. The molecule has 0 bridgehead atoms. The van der Waals surface area contributed by atoms with Gasteiger partial charge in [0.2, 0.25) is 0 Å². The van der Waals surface area contributed by atoms with Crippen LogP contribution in [-0.4, -0.2) is 0 Å². The fourth-order valence-corrected chi connectivity index (χ4v) is 4.16. The summed E-state index contributed by atoms with van der Waals surface area (Å²) in [5.41, 5.74) is 6.95. The summed E-state index contributed by atoms with van der Waals surface area (Å²) in [7, 11) is 0. The van der Waals surface area contributed by atoms with Gasteiger partial charge in [-0.2, -0.15) is 0 Å². The van der Waals surface area contributed by atoms with Gasteiger partial charge in [0.05, 0.1) is 0 Å². The minimum atomic E-state index is 0.861. The first kappa shape index (κ1) is 24.8. The van der Waals surface area contributed by atoms with E-state index >= 15 is 0 Å². The highest BCUT2D eigenvalue weighted by Gasteiger charge is 2.20. The first-order valence-electron chi connectivity index (χ1n) is 11.2. The minimum Gasteiger partial charge on any atom is -0.0843 e. The molecular formula is C27H41Cl. The molecule has 0 N–H and O–H groups in total. The fraction of sp³-hybridized carbons (Fsp3) is 0.556. The molecule has 1 aliphatic carbocycles. The second kappa shape index (κ2) is 13.0. The van der Waals surface area contributed by atoms with Crippen LogP contribution in [0.4, 0.5) is 0 Å². The number of rotatable bonds is 2. The standard InChI is InChI=1S/C16H23Cl.C9H12.C2H6/c1-12-6-4-3-5-7-14(12)11-15-8-9-16(17)10-13(15)2;1-7-4-5-8(2)9(3)6-7;1-2/h8-10,12,14H,3-7,11H2,1-2H3;4-6H,1-3H3;1-2H3.